The van der Waals surface area contributed by atoms with Gasteiger partial charge in [0.15, 0.2) is 0 Å². The first-order chi connectivity index (χ1) is 9.47. The van der Waals surface area contributed by atoms with Crippen LogP contribution in [0.1, 0.15) is 12.5 Å². The van der Waals surface area contributed by atoms with Gasteiger partial charge in [0.1, 0.15) is 11.9 Å². The van der Waals surface area contributed by atoms with Crippen molar-refractivity contribution < 1.29 is 14.0 Å². The lowest BCUT2D eigenvalue weighted by Crippen LogP contribution is -2.59. The first kappa shape index (κ1) is 14.5. The van der Waals surface area contributed by atoms with Crippen molar-refractivity contribution in [1.82, 2.24) is 9.80 Å². The van der Waals surface area contributed by atoms with Gasteiger partial charge in [0.25, 0.3) is 0 Å². The fourth-order valence-corrected chi connectivity index (χ4v) is 2.50. The molecule has 0 spiro atoms. The zero-order valence-electron chi connectivity index (χ0n) is 11.4. The van der Waals surface area contributed by atoms with Gasteiger partial charge >= 0.3 is 0 Å². The number of amides is 2. The largest absolute Gasteiger partial charge is 0.368 e. The second-order valence-electron chi connectivity index (χ2n) is 5.00. The summed E-state index contributed by atoms with van der Waals surface area (Å²) in [4.78, 5) is 26.4. The molecule has 5 nitrogen and oxygen atoms in total. The molecule has 0 bridgehead atoms. The molecule has 1 aromatic rings. The molecule has 2 rings (SSSR count). The van der Waals surface area contributed by atoms with Crippen molar-refractivity contribution in [3.8, 4) is 0 Å². The fraction of sp³-hybridized carbons (Fsp3) is 0.429. The third kappa shape index (κ3) is 3.33. The number of carbonyl (C=O) groups is 2. The van der Waals surface area contributed by atoms with Crippen LogP contribution in [0.2, 0.25) is 0 Å². The average Bonchev–Trinajstić information content (AvgIpc) is 2.38. The minimum atomic E-state index is -0.616. The van der Waals surface area contributed by atoms with Gasteiger partial charge in [-0.1, -0.05) is 12.1 Å². The van der Waals surface area contributed by atoms with E-state index in [1.807, 2.05) is 11.0 Å². The van der Waals surface area contributed by atoms with E-state index < -0.39 is 11.9 Å². The Morgan fingerprint density at radius 2 is 2.15 bits per heavy atom. The fourth-order valence-electron chi connectivity index (χ4n) is 2.50. The number of piperazine rings is 1. The smallest absolute Gasteiger partial charge is 0.241 e. The quantitative estimate of drug-likeness (QED) is 0.868. The Hall–Kier alpha value is -1.95. The van der Waals surface area contributed by atoms with E-state index in [4.69, 9.17) is 5.73 Å². The molecule has 1 atom stereocenters. The summed E-state index contributed by atoms with van der Waals surface area (Å²) < 4.78 is 13.1. The highest BCUT2D eigenvalue weighted by molar-refractivity contribution is 5.86. The summed E-state index contributed by atoms with van der Waals surface area (Å²) in [7, 11) is 0. The van der Waals surface area contributed by atoms with Gasteiger partial charge in [0, 0.05) is 33.1 Å². The average molecular weight is 279 g/mol. The van der Waals surface area contributed by atoms with Gasteiger partial charge in [-0.2, -0.15) is 0 Å². The number of nitrogens with two attached hydrogens (primary N) is 1. The van der Waals surface area contributed by atoms with E-state index in [-0.39, 0.29) is 11.7 Å². The normalized spacial score (nSPS) is 19.9. The predicted octanol–water partition coefficient (Wildman–Crippen LogP) is 0.344. The third-order valence-corrected chi connectivity index (χ3v) is 3.49. The number of primary amides is 1. The lowest BCUT2D eigenvalue weighted by atomic mass is 10.1. The van der Waals surface area contributed by atoms with E-state index in [0.29, 0.717) is 26.2 Å². The van der Waals surface area contributed by atoms with Crippen LogP contribution in [0, 0.1) is 5.82 Å². The van der Waals surface area contributed by atoms with Crippen molar-refractivity contribution in [2.45, 2.75) is 19.5 Å². The van der Waals surface area contributed by atoms with E-state index in [1.165, 1.54) is 24.0 Å². The molecule has 1 saturated heterocycles. The van der Waals surface area contributed by atoms with Crippen molar-refractivity contribution in [1.29, 1.82) is 0 Å². The molecule has 1 unspecified atom stereocenters. The molecule has 20 heavy (non-hydrogen) atoms. The van der Waals surface area contributed by atoms with Crippen molar-refractivity contribution in [2.75, 3.05) is 19.6 Å². The van der Waals surface area contributed by atoms with E-state index in [0.717, 1.165) is 5.56 Å². The number of nitrogens with zero attached hydrogens (tertiary/aromatic N) is 2. The topological polar surface area (TPSA) is 66.6 Å². The molecular formula is C14H18FN3O2. The third-order valence-electron chi connectivity index (χ3n) is 3.49. The van der Waals surface area contributed by atoms with Crippen molar-refractivity contribution in [3.05, 3.63) is 35.6 Å². The molecule has 0 radical (unpaired) electrons. The monoisotopic (exact) mass is 279 g/mol. The Morgan fingerprint density at radius 3 is 2.75 bits per heavy atom. The van der Waals surface area contributed by atoms with Gasteiger partial charge in [0.05, 0.1) is 0 Å². The molecule has 0 aromatic heterocycles. The van der Waals surface area contributed by atoms with E-state index in [9.17, 15) is 14.0 Å². The first-order valence-corrected chi connectivity index (χ1v) is 6.50. The molecule has 1 aliphatic rings. The number of hydrogen-bond acceptors (Lipinski definition) is 3. The van der Waals surface area contributed by atoms with Crippen molar-refractivity contribution >= 4 is 11.8 Å². The minimum Gasteiger partial charge on any atom is -0.368 e. The van der Waals surface area contributed by atoms with Crippen LogP contribution < -0.4 is 5.73 Å². The molecule has 2 N–H and O–H groups in total. The number of benzene rings is 1. The predicted molar refractivity (Wildman–Crippen MR) is 72.0 cm³/mol. The summed E-state index contributed by atoms with van der Waals surface area (Å²) in [5, 5.41) is 0. The van der Waals surface area contributed by atoms with E-state index in [2.05, 4.69) is 0 Å². The molecule has 2 amide bonds. The first-order valence-electron chi connectivity index (χ1n) is 6.50. The van der Waals surface area contributed by atoms with Gasteiger partial charge in [0.2, 0.25) is 11.8 Å². The summed E-state index contributed by atoms with van der Waals surface area (Å²) in [6, 6.07) is 5.73. The Bertz CT molecular complexity index is 521. The second-order valence-corrected chi connectivity index (χ2v) is 5.00. The maximum atomic E-state index is 13.1. The number of hydrogen-bond donors (Lipinski definition) is 1. The Kier molecular flexibility index (Phi) is 4.34. The second kappa shape index (κ2) is 6.00. The highest BCUT2D eigenvalue weighted by atomic mass is 19.1. The van der Waals surface area contributed by atoms with Crippen LogP contribution in [0.5, 0.6) is 0 Å². The van der Waals surface area contributed by atoms with Crippen LogP contribution >= 0.6 is 0 Å². The molecule has 1 aliphatic heterocycles. The van der Waals surface area contributed by atoms with Crippen LogP contribution in [-0.4, -0.2) is 47.3 Å². The Balaban J connectivity index is 2.05. The molecule has 6 heteroatoms. The van der Waals surface area contributed by atoms with Crippen LogP contribution in [0.15, 0.2) is 24.3 Å². The van der Waals surface area contributed by atoms with Gasteiger partial charge in [-0.05, 0) is 17.7 Å². The lowest BCUT2D eigenvalue weighted by Gasteiger charge is -2.39. The number of carbonyl (C=O) groups excluding carboxylic acids is 2. The van der Waals surface area contributed by atoms with Gasteiger partial charge in [-0.25, -0.2) is 4.39 Å². The molecule has 1 aromatic carbocycles. The molecule has 1 fully saturated rings. The SMILES string of the molecule is CC(=O)N1CCN(Cc2cccc(F)c2)CC1C(N)=O. The summed E-state index contributed by atoms with van der Waals surface area (Å²) in [6.07, 6.45) is 0. The summed E-state index contributed by atoms with van der Waals surface area (Å²) in [5.74, 6) is -0.945. The summed E-state index contributed by atoms with van der Waals surface area (Å²) in [6.45, 7) is 3.44. The van der Waals surface area contributed by atoms with Crippen molar-refractivity contribution in [2.24, 2.45) is 5.73 Å². The van der Waals surface area contributed by atoms with Crippen LogP contribution in [0.25, 0.3) is 0 Å². The molecule has 0 aliphatic carbocycles. The van der Waals surface area contributed by atoms with Gasteiger partial charge in [-0.15, -0.1) is 0 Å². The van der Waals surface area contributed by atoms with Gasteiger partial charge in [-0.3, -0.25) is 14.5 Å². The zero-order valence-corrected chi connectivity index (χ0v) is 11.4. The molecule has 108 valence electrons. The van der Waals surface area contributed by atoms with Crippen LogP contribution in [0.4, 0.5) is 4.39 Å². The summed E-state index contributed by atoms with van der Waals surface area (Å²) in [5.41, 5.74) is 6.19. The van der Waals surface area contributed by atoms with E-state index in [1.54, 1.807) is 6.07 Å². The van der Waals surface area contributed by atoms with Crippen molar-refractivity contribution in [3.63, 3.8) is 0 Å². The highest BCUT2D eigenvalue weighted by Crippen LogP contribution is 2.14. The summed E-state index contributed by atoms with van der Waals surface area (Å²) >= 11 is 0. The molecule has 0 saturated carbocycles. The van der Waals surface area contributed by atoms with Gasteiger partial charge < -0.3 is 10.6 Å². The standard InChI is InChI=1S/C14H18FN3O2/c1-10(19)18-6-5-17(9-13(18)14(16)20)8-11-3-2-4-12(15)7-11/h2-4,7,13H,5-6,8-9H2,1H3,(H2,16,20). The lowest BCUT2D eigenvalue weighted by molar-refractivity contribution is -0.141. The molecular weight excluding hydrogens is 261 g/mol. The maximum Gasteiger partial charge on any atom is 0.241 e. The number of halogens is 1. The van der Waals surface area contributed by atoms with Crippen LogP contribution in [0.3, 0.4) is 0 Å². The molecule has 1 heterocycles. The Labute approximate surface area is 117 Å². The minimum absolute atomic E-state index is 0.154. The Morgan fingerprint density at radius 1 is 1.40 bits per heavy atom. The maximum absolute atomic E-state index is 13.1. The number of rotatable bonds is 3. The highest BCUT2D eigenvalue weighted by Gasteiger charge is 2.32. The van der Waals surface area contributed by atoms with Crippen LogP contribution in [-0.2, 0) is 16.1 Å². The zero-order chi connectivity index (χ0) is 14.7. The van der Waals surface area contributed by atoms with E-state index >= 15 is 0 Å².